The summed E-state index contributed by atoms with van der Waals surface area (Å²) in [6, 6.07) is 7.96. The van der Waals surface area contributed by atoms with Crippen LogP contribution in [-0.2, 0) is 20.7 Å². The van der Waals surface area contributed by atoms with Gasteiger partial charge in [-0.3, -0.25) is 4.79 Å². The molecular weight excluding hydrogens is 399 g/mol. The van der Waals surface area contributed by atoms with Gasteiger partial charge in [-0.15, -0.1) is 0 Å². The van der Waals surface area contributed by atoms with Gasteiger partial charge in [0.05, 0.1) is 13.0 Å². The van der Waals surface area contributed by atoms with Crippen molar-refractivity contribution in [3.8, 4) is 5.75 Å². The lowest BCUT2D eigenvalue weighted by atomic mass is 9.99. The van der Waals surface area contributed by atoms with E-state index in [0.717, 1.165) is 43.6 Å². The SMILES string of the molecule is CCCC(CCC)COc1ccc(CCCNCCC(=O)OC(=O)C(F)(F)F)cc1. The van der Waals surface area contributed by atoms with E-state index in [1.807, 2.05) is 24.3 Å². The van der Waals surface area contributed by atoms with Crippen LogP contribution in [0.1, 0.15) is 57.9 Å². The van der Waals surface area contributed by atoms with Crippen LogP contribution in [0.15, 0.2) is 24.3 Å². The van der Waals surface area contributed by atoms with Gasteiger partial charge in [0.25, 0.3) is 0 Å². The minimum absolute atomic E-state index is 0.146. The van der Waals surface area contributed by atoms with Crippen LogP contribution in [0.3, 0.4) is 0 Å². The van der Waals surface area contributed by atoms with Gasteiger partial charge < -0.3 is 14.8 Å². The Labute approximate surface area is 176 Å². The molecule has 0 bridgehead atoms. The minimum atomic E-state index is -5.16. The maximum absolute atomic E-state index is 12.0. The summed E-state index contributed by atoms with van der Waals surface area (Å²) in [4.78, 5) is 21.7. The standard InChI is InChI=1S/C22H32F3NO4/c1-3-6-18(7-4-2)16-29-19-11-9-17(10-12-19)8-5-14-26-15-13-20(27)30-21(28)22(23,24)25/h9-12,18,26H,3-8,13-16H2,1-2H3. The smallest absolute Gasteiger partial charge is 0.491 e. The molecule has 0 saturated heterocycles. The molecule has 0 aliphatic carbocycles. The zero-order chi connectivity index (χ0) is 22.4. The summed E-state index contributed by atoms with van der Waals surface area (Å²) in [5.41, 5.74) is 1.15. The number of alkyl halides is 3. The van der Waals surface area contributed by atoms with Gasteiger partial charge in [-0.1, -0.05) is 38.8 Å². The highest BCUT2D eigenvalue weighted by Gasteiger charge is 2.42. The lowest BCUT2D eigenvalue weighted by molar-refractivity contribution is -0.201. The fourth-order valence-electron chi connectivity index (χ4n) is 3.04. The van der Waals surface area contributed by atoms with E-state index in [0.29, 0.717) is 12.5 Å². The van der Waals surface area contributed by atoms with Crippen molar-refractivity contribution in [1.82, 2.24) is 5.32 Å². The number of nitrogens with one attached hydrogen (secondary N) is 1. The van der Waals surface area contributed by atoms with Crippen molar-refractivity contribution < 1.29 is 32.2 Å². The third-order valence-electron chi connectivity index (χ3n) is 4.57. The molecule has 1 N–H and O–H groups in total. The van der Waals surface area contributed by atoms with Crippen LogP contribution in [0.5, 0.6) is 5.75 Å². The molecule has 0 spiro atoms. The number of carbonyl (C=O) groups excluding carboxylic acids is 2. The van der Waals surface area contributed by atoms with Gasteiger partial charge in [0.1, 0.15) is 5.75 Å². The molecule has 170 valence electrons. The van der Waals surface area contributed by atoms with Gasteiger partial charge in [0.15, 0.2) is 0 Å². The highest BCUT2D eigenvalue weighted by atomic mass is 19.4. The number of carbonyl (C=O) groups is 2. The fraction of sp³-hybridized carbons (Fsp3) is 0.636. The molecule has 0 fully saturated rings. The second-order valence-corrected chi connectivity index (χ2v) is 7.26. The van der Waals surface area contributed by atoms with Gasteiger partial charge in [-0.05, 0) is 55.8 Å². The molecule has 0 saturated carbocycles. The summed E-state index contributed by atoms with van der Waals surface area (Å²) >= 11 is 0. The Morgan fingerprint density at radius 3 is 2.23 bits per heavy atom. The molecule has 0 radical (unpaired) electrons. The first-order valence-electron chi connectivity index (χ1n) is 10.5. The molecule has 1 aromatic carbocycles. The van der Waals surface area contributed by atoms with Gasteiger partial charge in [0, 0.05) is 6.54 Å². The van der Waals surface area contributed by atoms with Crippen LogP contribution in [0, 0.1) is 5.92 Å². The molecule has 5 nitrogen and oxygen atoms in total. The second kappa shape index (κ2) is 14.0. The number of aryl methyl sites for hydroxylation is 1. The number of hydrogen-bond donors (Lipinski definition) is 1. The Bertz CT molecular complexity index is 626. The summed E-state index contributed by atoms with van der Waals surface area (Å²) in [7, 11) is 0. The normalized spacial score (nSPS) is 11.5. The van der Waals surface area contributed by atoms with Gasteiger partial charge >= 0.3 is 18.1 Å². The van der Waals surface area contributed by atoms with E-state index < -0.39 is 18.1 Å². The molecule has 1 aromatic rings. The van der Waals surface area contributed by atoms with Gasteiger partial charge in [-0.25, -0.2) is 4.79 Å². The molecule has 0 heterocycles. The second-order valence-electron chi connectivity index (χ2n) is 7.26. The fourth-order valence-corrected chi connectivity index (χ4v) is 3.04. The molecule has 8 heteroatoms. The summed E-state index contributed by atoms with van der Waals surface area (Å²) < 4.78 is 45.5. The molecule has 1 rings (SSSR count). The van der Waals surface area contributed by atoms with Crippen molar-refractivity contribution >= 4 is 11.9 Å². The summed E-state index contributed by atoms with van der Waals surface area (Å²) in [6.07, 6.45) is 0.831. The number of rotatable bonds is 14. The highest BCUT2D eigenvalue weighted by molar-refractivity contribution is 5.88. The maximum atomic E-state index is 12.0. The Kier molecular flexibility index (Phi) is 12.1. The van der Waals surface area contributed by atoms with E-state index >= 15 is 0 Å². The largest absolute Gasteiger partial charge is 0.493 e. The average Bonchev–Trinajstić information content (AvgIpc) is 2.69. The van der Waals surface area contributed by atoms with Crippen molar-refractivity contribution in [2.45, 2.75) is 65.0 Å². The molecule has 0 aromatic heterocycles. The van der Waals surface area contributed by atoms with Crippen molar-refractivity contribution in [3.63, 3.8) is 0 Å². The zero-order valence-corrected chi connectivity index (χ0v) is 17.7. The third kappa shape index (κ3) is 11.2. The number of hydrogen-bond acceptors (Lipinski definition) is 5. The molecule has 0 atom stereocenters. The van der Waals surface area contributed by atoms with Crippen LogP contribution in [-0.4, -0.2) is 37.8 Å². The first kappa shape index (κ1) is 25.9. The summed E-state index contributed by atoms with van der Waals surface area (Å²) in [5, 5.41) is 2.95. The molecular formula is C22H32F3NO4. The summed E-state index contributed by atoms with van der Waals surface area (Å²) in [6.45, 7) is 5.85. The summed E-state index contributed by atoms with van der Waals surface area (Å²) in [5.74, 6) is -2.22. The first-order chi connectivity index (χ1) is 14.3. The molecule has 0 unspecified atom stereocenters. The lowest BCUT2D eigenvalue weighted by Gasteiger charge is -2.16. The predicted octanol–water partition coefficient (Wildman–Crippen LogP) is 4.83. The van der Waals surface area contributed by atoms with E-state index in [-0.39, 0.29) is 13.0 Å². The van der Waals surface area contributed by atoms with Gasteiger partial charge in [0.2, 0.25) is 0 Å². The van der Waals surface area contributed by atoms with Crippen LogP contribution < -0.4 is 10.1 Å². The van der Waals surface area contributed by atoms with Crippen molar-refractivity contribution in [3.05, 3.63) is 29.8 Å². The molecule has 0 aliphatic heterocycles. The monoisotopic (exact) mass is 431 g/mol. The van der Waals surface area contributed by atoms with Crippen LogP contribution in [0.4, 0.5) is 13.2 Å². The predicted molar refractivity (Wildman–Crippen MR) is 108 cm³/mol. The quantitative estimate of drug-likeness (QED) is 0.260. The van der Waals surface area contributed by atoms with Crippen molar-refractivity contribution in [2.24, 2.45) is 5.92 Å². The van der Waals surface area contributed by atoms with Gasteiger partial charge in [-0.2, -0.15) is 13.2 Å². The first-order valence-corrected chi connectivity index (χ1v) is 10.5. The molecule has 30 heavy (non-hydrogen) atoms. The van der Waals surface area contributed by atoms with Crippen LogP contribution in [0.2, 0.25) is 0 Å². The highest BCUT2D eigenvalue weighted by Crippen LogP contribution is 2.18. The number of ether oxygens (including phenoxy) is 2. The van der Waals surface area contributed by atoms with Crippen LogP contribution >= 0.6 is 0 Å². The average molecular weight is 431 g/mol. The van der Waals surface area contributed by atoms with Crippen molar-refractivity contribution in [1.29, 1.82) is 0 Å². The van der Waals surface area contributed by atoms with E-state index in [1.54, 1.807) is 0 Å². The Morgan fingerprint density at radius 2 is 1.67 bits per heavy atom. The van der Waals surface area contributed by atoms with E-state index in [2.05, 4.69) is 23.9 Å². The number of halogens is 3. The minimum Gasteiger partial charge on any atom is -0.493 e. The lowest BCUT2D eigenvalue weighted by Crippen LogP contribution is -2.29. The molecule has 0 amide bonds. The Morgan fingerprint density at radius 1 is 1.03 bits per heavy atom. The van der Waals surface area contributed by atoms with Crippen molar-refractivity contribution in [2.75, 3.05) is 19.7 Å². The van der Waals surface area contributed by atoms with E-state index in [1.165, 1.54) is 12.8 Å². The maximum Gasteiger partial charge on any atom is 0.491 e. The van der Waals surface area contributed by atoms with E-state index in [9.17, 15) is 22.8 Å². The topological polar surface area (TPSA) is 64.6 Å². The Hall–Kier alpha value is -2.09. The van der Waals surface area contributed by atoms with Crippen LogP contribution in [0.25, 0.3) is 0 Å². The number of benzene rings is 1. The number of esters is 2. The Balaban J connectivity index is 2.19. The molecule has 0 aliphatic rings. The zero-order valence-electron chi connectivity index (χ0n) is 17.7. The van der Waals surface area contributed by atoms with E-state index in [4.69, 9.17) is 4.74 Å². The third-order valence-corrected chi connectivity index (χ3v) is 4.57.